The van der Waals surface area contributed by atoms with Crippen LogP contribution in [0.1, 0.15) is 16.7 Å². The Bertz CT molecular complexity index is 502. The Hall–Kier alpha value is -2.08. The van der Waals surface area contributed by atoms with Crippen LogP contribution >= 0.6 is 0 Å². The molecular weight excluding hydrogens is 260 g/mol. The molecule has 0 aliphatic carbocycles. The van der Waals surface area contributed by atoms with E-state index in [1.165, 1.54) is 14.2 Å². The van der Waals surface area contributed by atoms with Crippen LogP contribution in [0.25, 0.3) is 0 Å². The van der Waals surface area contributed by atoms with Crippen molar-refractivity contribution in [3.63, 3.8) is 0 Å². The number of hydroxylamine groups is 2. The van der Waals surface area contributed by atoms with E-state index in [9.17, 15) is 9.59 Å². The van der Waals surface area contributed by atoms with Gasteiger partial charge < -0.3 is 10.4 Å². The Morgan fingerprint density at radius 2 is 2.05 bits per heavy atom. The Balaban J connectivity index is 2.97. The molecule has 0 aliphatic rings. The second-order valence-electron chi connectivity index (χ2n) is 4.65. The molecule has 6 nitrogen and oxygen atoms in total. The molecule has 1 unspecified atom stereocenters. The molecule has 1 rings (SSSR count). The largest absolute Gasteiger partial charge is 0.465 e. The molecule has 0 aliphatic heterocycles. The number of rotatable bonds is 5. The second-order valence-corrected chi connectivity index (χ2v) is 4.65. The van der Waals surface area contributed by atoms with Gasteiger partial charge >= 0.3 is 6.09 Å². The van der Waals surface area contributed by atoms with E-state index in [1.807, 2.05) is 32.0 Å². The average molecular weight is 280 g/mol. The number of benzene rings is 1. The van der Waals surface area contributed by atoms with Gasteiger partial charge in [0.15, 0.2) is 0 Å². The van der Waals surface area contributed by atoms with Gasteiger partial charge in [-0.1, -0.05) is 23.8 Å². The lowest BCUT2D eigenvalue weighted by molar-refractivity contribution is -0.170. The standard InChI is InChI=1S/C14H20N2O4/c1-9-5-6-10(2)11(7-9)8-12(15-14(18)19)13(17)16(3)20-4/h5-7,12,15H,8H2,1-4H3,(H,18,19). The van der Waals surface area contributed by atoms with Gasteiger partial charge in [-0.05, 0) is 25.0 Å². The minimum absolute atomic E-state index is 0.284. The van der Waals surface area contributed by atoms with E-state index in [0.29, 0.717) is 0 Å². The van der Waals surface area contributed by atoms with Crippen molar-refractivity contribution in [2.24, 2.45) is 0 Å². The van der Waals surface area contributed by atoms with Crippen molar-refractivity contribution in [3.8, 4) is 0 Å². The summed E-state index contributed by atoms with van der Waals surface area (Å²) in [6.45, 7) is 3.88. The first-order chi connectivity index (χ1) is 9.35. The molecule has 1 atom stereocenters. The third-order valence-corrected chi connectivity index (χ3v) is 3.11. The number of nitrogens with one attached hydrogen (secondary N) is 1. The summed E-state index contributed by atoms with van der Waals surface area (Å²) in [4.78, 5) is 27.7. The summed E-state index contributed by atoms with van der Waals surface area (Å²) in [7, 11) is 2.80. The number of carbonyl (C=O) groups excluding carboxylic acids is 1. The number of carboxylic acid groups (broad SMARTS) is 1. The van der Waals surface area contributed by atoms with Crippen LogP contribution < -0.4 is 5.32 Å². The summed E-state index contributed by atoms with van der Waals surface area (Å²) in [6.07, 6.45) is -0.954. The number of aryl methyl sites for hydroxylation is 2. The SMILES string of the molecule is CON(C)C(=O)C(Cc1cc(C)ccc1C)NC(=O)O. The Labute approximate surface area is 118 Å². The van der Waals surface area contributed by atoms with Crippen LogP contribution in [0.2, 0.25) is 0 Å². The van der Waals surface area contributed by atoms with Crippen molar-refractivity contribution in [1.29, 1.82) is 0 Å². The van der Waals surface area contributed by atoms with Crippen LogP contribution in [-0.4, -0.2) is 42.4 Å². The molecule has 110 valence electrons. The van der Waals surface area contributed by atoms with Crippen LogP contribution in [0.15, 0.2) is 18.2 Å². The smallest absolute Gasteiger partial charge is 0.405 e. The van der Waals surface area contributed by atoms with Crippen molar-refractivity contribution >= 4 is 12.0 Å². The summed E-state index contributed by atoms with van der Waals surface area (Å²) >= 11 is 0. The number of hydrogen-bond donors (Lipinski definition) is 2. The van der Waals surface area contributed by atoms with Crippen LogP contribution in [0.3, 0.4) is 0 Å². The van der Waals surface area contributed by atoms with Crippen LogP contribution in [-0.2, 0) is 16.1 Å². The average Bonchev–Trinajstić information content (AvgIpc) is 2.39. The maximum Gasteiger partial charge on any atom is 0.405 e. The summed E-state index contributed by atoms with van der Waals surface area (Å²) in [5.74, 6) is -0.434. The lowest BCUT2D eigenvalue weighted by Gasteiger charge is -2.22. The van der Waals surface area contributed by atoms with Crippen molar-refractivity contribution in [2.75, 3.05) is 14.2 Å². The fraction of sp³-hybridized carbons (Fsp3) is 0.429. The first-order valence-corrected chi connectivity index (χ1v) is 6.22. The van der Waals surface area contributed by atoms with E-state index in [-0.39, 0.29) is 6.42 Å². The third kappa shape index (κ3) is 4.24. The molecule has 1 aromatic carbocycles. The molecule has 0 saturated heterocycles. The van der Waals surface area contributed by atoms with Crippen molar-refractivity contribution in [2.45, 2.75) is 26.3 Å². The lowest BCUT2D eigenvalue weighted by Crippen LogP contribution is -2.48. The number of carbonyl (C=O) groups is 2. The first kappa shape index (κ1) is 16.0. The highest BCUT2D eigenvalue weighted by atomic mass is 16.7. The number of amides is 2. The molecule has 6 heteroatoms. The Morgan fingerprint density at radius 3 is 2.60 bits per heavy atom. The monoisotopic (exact) mass is 280 g/mol. The van der Waals surface area contributed by atoms with Crippen molar-refractivity contribution in [1.82, 2.24) is 10.4 Å². The topological polar surface area (TPSA) is 78.9 Å². The van der Waals surface area contributed by atoms with E-state index in [2.05, 4.69) is 5.32 Å². The summed E-state index contributed by atoms with van der Waals surface area (Å²) in [5, 5.41) is 12.1. The van der Waals surface area contributed by atoms with Gasteiger partial charge in [0.05, 0.1) is 7.11 Å². The van der Waals surface area contributed by atoms with Gasteiger partial charge in [0, 0.05) is 13.5 Å². The van der Waals surface area contributed by atoms with Crippen molar-refractivity contribution in [3.05, 3.63) is 34.9 Å². The van der Waals surface area contributed by atoms with Gasteiger partial charge in [-0.15, -0.1) is 0 Å². The zero-order chi connectivity index (χ0) is 15.3. The van der Waals surface area contributed by atoms with E-state index >= 15 is 0 Å². The lowest BCUT2D eigenvalue weighted by atomic mass is 9.98. The Morgan fingerprint density at radius 1 is 1.40 bits per heavy atom. The fourth-order valence-corrected chi connectivity index (χ4v) is 1.90. The molecule has 0 spiro atoms. The predicted octanol–water partition coefficient (Wildman–Crippen LogP) is 1.50. The highest BCUT2D eigenvalue weighted by Crippen LogP contribution is 2.14. The molecule has 20 heavy (non-hydrogen) atoms. The molecule has 1 aromatic rings. The predicted molar refractivity (Wildman–Crippen MR) is 74.3 cm³/mol. The van der Waals surface area contributed by atoms with Gasteiger partial charge in [-0.2, -0.15) is 0 Å². The van der Waals surface area contributed by atoms with Gasteiger partial charge in [-0.25, -0.2) is 9.86 Å². The maximum absolute atomic E-state index is 12.1. The second kappa shape index (κ2) is 6.91. The molecule has 0 bridgehead atoms. The molecule has 0 heterocycles. The molecule has 2 N–H and O–H groups in total. The quantitative estimate of drug-likeness (QED) is 0.801. The summed E-state index contributed by atoms with van der Waals surface area (Å²) in [5.41, 5.74) is 3.01. The van der Waals surface area contributed by atoms with Gasteiger partial charge in [0.1, 0.15) is 6.04 Å². The van der Waals surface area contributed by atoms with E-state index < -0.39 is 18.0 Å². The minimum atomic E-state index is -1.24. The summed E-state index contributed by atoms with van der Waals surface area (Å²) in [6, 6.07) is 5.00. The zero-order valence-corrected chi connectivity index (χ0v) is 12.1. The van der Waals surface area contributed by atoms with E-state index in [1.54, 1.807) is 0 Å². The molecule has 0 fully saturated rings. The number of likely N-dealkylation sites (N-methyl/N-ethyl adjacent to an activating group) is 1. The molecule has 2 amide bonds. The van der Waals surface area contributed by atoms with Crippen LogP contribution in [0.4, 0.5) is 4.79 Å². The maximum atomic E-state index is 12.1. The van der Waals surface area contributed by atoms with Crippen LogP contribution in [0, 0.1) is 13.8 Å². The first-order valence-electron chi connectivity index (χ1n) is 6.22. The number of nitrogens with zero attached hydrogens (tertiary/aromatic N) is 1. The third-order valence-electron chi connectivity index (χ3n) is 3.11. The van der Waals surface area contributed by atoms with Crippen molar-refractivity contribution < 1.29 is 19.5 Å². The fourth-order valence-electron chi connectivity index (χ4n) is 1.90. The normalized spacial score (nSPS) is 11.8. The van der Waals surface area contributed by atoms with Gasteiger partial charge in [0.25, 0.3) is 5.91 Å². The van der Waals surface area contributed by atoms with Crippen LogP contribution in [0.5, 0.6) is 0 Å². The Kier molecular flexibility index (Phi) is 5.52. The molecule has 0 aromatic heterocycles. The van der Waals surface area contributed by atoms with E-state index in [4.69, 9.17) is 9.94 Å². The molecule has 0 saturated carbocycles. The highest BCUT2D eigenvalue weighted by Gasteiger charge is 2.25. The molecular formula is C14H20N2O4. The molecule has 0 radical (unpaired) electrons. The minimum Gasteiger partial charge on any atom is -0.465 e. The highest BCUT2D eigenvalue weighted by molar-refractivity contribution is 5.84. The van der Waals surface area contributed by atoms with Gasteiger partial charge in [0.2, 0.25) is 0 Å². The van der Waals surface area contributed by atoms with E-state index in [0.717, 1.165) is 21.8 Å². The number of hydrogen-bond acceptors (Lipinski definition) is 3. The zero-order valence-electron chi connectivity index (χ0n) is 12.1. The summed E-state index contributed by atoms with van der Waals surface area (Å²) < 4.78 is 0. The van der Waals surface area contributed by atoms with Gasteiger partial charge in [-0.3, -0.25) is 9.63 Å².